The van der Waals surface area contributed by atoms with Crippen molar-refractivity contribution in [2.24, 2.45) is 5.92 Å². The molecule has 0 radical (unpaired) electrons. The molecule has 1 aliphatic rings. The van der Waals surface area contributed by atoms with Crippen LogP contribution in [0.2, 0.25) is 5.02 Å². The van der Waals surface area contributed by atoms with Crippen molar-refractivity contribution < 1.29 is 18.0 Å². The van der Waals surface area contributed by atoms with Crippen LogP contribution in [-0.2, 0) is 21.2 Å². The first-order valence-corrected chi connectivity index (χ1v) is 14.9. The second-order valence-electron chi connectivity index (χ2n) is 10.2. The van der Waals surface area contributed by atoms with Gasteiger partial charge in [-0.15, -0.1) is 0 Å². The van der Waals surface area contributed by atoms with Gasteiger partial charge in [0.05, 0.1) is 22.4 Å². The molecule has 3 aromatic rings. The van der Waals surface area contributed by atoms with Crippen LogP contribution in [0, 0.1) is 5.92 Å². The molecule has 202 valence electrons. The molecule has 0 bridgehead atoms. The number of hydrogen-bond acceptors (Lipinski definition) is 5. The monoisotopic (exact) mass is 556 g/mol. The minimum atomic E-state index is -3.47. The Hall–Kier alpha value is -3.17. The van der Waals surface area contributed by atoms with Crippen LogP contribution >= 0.6 is 11.6 Å². The van der Waals surface area contributed by atoms with Crippen LogP contribution in [0.15, 0.2) is 59.6 Å². The number of benzene rings is 2. The van der Waals surface area contributed by atoms with Crippen LogP contribution in [0.1, 0.15) is 59.5 Å². The molecule has 2 aromatic carbocycles. The zero-order valence-corrected chi connectivity index (χ0v) is 23.4. The van der Waals surface area contributed by atoms with Crippen LogP contribution in [0.3, 0.4) is 0 Å². The van der Waals surface area contributed by atoms with E-state index in [0.717, 1.165) is 37.5 Å². The molecular formula is C28H33ClN4O4S. The Morgan fingerprint density at radius 2 is 1.87 bits per heavy atom. The van der Waals surface area contributed by atoms with Gasteiger partial charge in [0.2, 0.25) is 5.91 Å². The second kappa shape index (κ2) is 11.7. The molecule has 0 saturated heterocycles. The first-order valence-electron chi connectivity index (χ1n) is 12.7. The Balaban J connectivity index is 1.51. The van der Waals surface area contributed by atoms with Gasteiger partial charge in [0.25, 0.3) is 5.91 Å². The Morgan fingerprint density at radius 3 is 2.53 bits per heavy atom. The third-order valence-electron chi connectivity index (χ3n) is 6.93. The predicted molar refractivity (Wildman–Crippen MR) is 148 cm³/mol. The largest absolute Gasteiger partial charge is 0.345 e. The molecule has 1 heterocycles. The molecule has 1 aromatic heterocycles. The molecule has 38 heavy (non-hydrogen) atoms. The van der Waals surface area contributed by atoms with Gasteiger partial charge in [-0.25, -0.2) is 8.42 Å². The fourth-order valence-corrected chi connectivity index (χ4v) is 6.32. The van der Waals surface area contributed by atoms with Crippen LogP contribution in [0.4, 0.5) is 5.82 Å². The lowest BCUT2D eigenvalue weighted by atomic mass is 9.87. The summed E-state index contributed by atoms with van der Waals surface area (Å²) in [7, 11) is -0.0410. The van der Waals surface area contributed by atoms with Gasteiger partial charge in [0.15, 0.2) is 15.7 Å². The van der Waals surface area contributed by atoms with Gasteiger partial charge in [0.1, 0.15) is 0 Å². The van der Waals surface area contributed by atoms with Crippen molar-refractivity contribution in [1.82, 2.24) is 14.7 Å². The van der Waals surface area contributed by atoms with Crippen LogP contribution < -0.4 is 5.32 Å². The summed E-state index contributed by atoms with van der Waals surface area (Å²) in [6.45, 7) is 0.443. The second-order valence-corrected chi connectivity index (χ2v) is 12.6. The summed E-state index contributed by atoms with van der Waals surface area (Å²) in [6.07, 6.45) is 8.00. The number of nitrogens with zero attached hydrogens (tertiary/aromatic N) is 3. The third kappa shape index (κ3) is 6.82. The smallest absolute Gasteiger partial charge is 0.253 e. The fraction of sp³-hybridized carbons (Fsp3) is 0.393. The number of carbonyl (C=O) groups excluding carboxylic acids is 2. The lowest BCUT2D eigenvalue weighted by Crippen LogP contribution is -2.23. The van der Waals surface area contributed by atoms with E-state index in [4.69, 9.17) is 11.6 Å². The molecule has 0 aliphatic heterocycles. The van der Waals surface area contributed by atoms with Gasteiger partial charge in [-0.2, -0.15) is 5.10 Å². The molecule has 2 amide bonds. The van der Waals surface area contributed by atoms with Crippen molar-refractivity contribution >= 4 is 39.1 Å². The summed E-state index contributed by atoms with van der Waals surface area (Å²) in [5.74, 6) is 0.0878. The van der Waals surface area contributed by atoms with E-state index in [1.54, 1.807) is 49.2 Å². The molecule has 0 unspecified atom stereocenters. The van der Waals surface area contributed by atoms with Crippen molar-refractivity contribution in [3.8, 4) is 0 Å². The Bertz CT molecular complexity index is 1430. The van der Waals surface area contributed by atoms with E-state index in [9.17, 15) is 18.0 Å². The van der Waals surface area contributed by atoms with Gasteiger partial charge in [-0.3, -0.25) is 14.3 Å². The Morgan fingerprint density at radius 1 is 1.13 bits per heavy atom. The highest BCUT2D eigenvalue weighted by atomic mass is 35.5. The summed E-state index contributed by atoms with van der Waals surface area (Å²) >= 11 is 6.32. The predicted octanol–water partition coefficient (Wildman–Crippen LogP) is 4.99. The number of hydrogen-bond donors (Lipinski definition) is 1. The quantitative estimate of drug-likeness (QED) is 0.400. The highest BCUT2D eigenvalue weighted by molar-refractivity contribution is 7.90. The molecule has 1 atom stereocenters. The van der Waals surface area contributed by atoms with Crippen molar-refractivity contribution in [2.75, 3.05) is 25.7 Å². The zero-order valence-electron chi connectivity index (χ0n) is 21.9. The van der Waals surface area contributed by atoms with Gasteiger partial charge in [-0.1, -0.05) is 55.5 Å². The summed E-state index contributed by atoms with van der Waals surface area (Å²) in [5, 5.41) is 7.57. The number of halogens is 1. The number of rotatable bonds is 9. The number of carbonyl (C=O) groups is 2. The topological polar surface area (TPSA) is 101 Å². The average Bonchev–Trinajstić information content (AvgIpc) is 3.53. The molecule has 1 saturated carbocycles. The molecule has 0 spiro atoms. The van der Waals surface area contributed by atoms with Gasteiger partial charge >= 0.3 is 0 Å². The minimum Gasteiger partial charge on any atom is -0.345 e. The molecular weight excluding hydrogens is 524 g/mol. The SMILES string of the molecule is CN(C)C(=O)c1cccc(Cn2ccc(NC(=O)[C@H](CC3CCCC3)c3ccc(S(C)(=O)=O)c(Cl)c3)n2)c1. The summed E-state index contributed by atoms with van der Waals surface area (Å²) in [4.78, 5) is 27.4. The van der Waals surface area contributed by atoms with Crippen molar-refractivity contribution in [2.45, 2.75) is 49.5 Å². The normalized spacial score (nSPS) is 14.8. The standard InChI is InChI=1S/C28H33ClN4O4S/c1-32(2)28(35)22-10-6-9-20(15-22)18-33-14-13-26(31-33)30-27(34)23(16-19-7-4-5-8-19)21-11-12-25(24(29)17-21)38(3,36)37/h6,9-15,17,19,23H,4-5,7-8,16,18H2,1-3H3,(H,30,31,34)/t23-/m1/s1. The van der Waals surface area contributed by atoms with E-state index in [0.29, 0.717) is 35.8 Å². The Kier molecular flexibility index (Phi) is 8.57. The van der Waals surface area contributed by atoms with E-state index >= 15 is 0 Å². The van der Waals surface area contributed by atoms with Gasteiger partial charge in [0, 0.05) is 38.2 Å². The number of amides is 2. The van der Waals surface area contributed by atoms with E-state index in [1.807, 2.05) is 18.2 Å². The number of sulfone groups is 1. The summed E-state index contributed by atoms with van der Waals surface area (Å²) < 4.78 is 25.7. The van der Waals surface area contributed by atoms with E-state index in [-0.39, 0.29) is 21.7 Å². The van der Waals surface area contributed by atoms with Gasteiger partial charge < -0.3 is 10.2 Å². The van der Waals surface area contributed by atoms with Crippen LogP contribution in [-0.4, -0.2) is 55.3 Å². The molecule has 1 aliphatic carbocycles. The van der Waals surface area contributed by atoms with Crippen LogP contribution in [0.25, 0.3) is 0 Å². The molecule has 10 heteroatoms. The van der Waals surface area contributed by atoms with E-state index < -0.39 is 15.8 Å². The molecule has 1 fully saturated rings. The highest BCUT2D eigenvalue weighted by Gasteiger charge is 2.28. The maximum atomic E-state index is 13.5. The first kappa shape index (κ1) is 27.9. The maximum absolute atomic E-state index is 13.5. The minimum absolute atomic E-state index is 0.0537. The van der Waals surface area contributed by atoms with Crippen LogP contribution in [0.5, 0.6) is 0 Å². The molecule has 1 N–H and O–H groups in total. The molecule has 8 nitrogen and oxygen atoms in total. The van der Waals surface area contributed by atoms with Crippen molar-refractivity contribution in [1.29, 1.82) is 0 Å². The number of nitrogens with one attached hydrogen (secondary N) is 1. The highest BCUT2D eigenvalue weighted by Crippen LogP contribution is 2.36. The third-order valence-corrected chi connectivity index (χ3v) is 8.51. The molecule has 4 rings (SSSR count). The summed E-state index contributed by atoms with van der Waals surface area (Å²) in [6, 6.07) is 13.9. The lowest BCUT2D eigenvalue weighted by molar-refractivity contribution is -0.118. The van der Waals surface area contributed by atoms with Crippen molar-refractivity contribution in [3.05, 3.63) is 76.4 Å². The maximum Gasteiger partial charge on any atom is 0.253 e. The van der Waals surface area contributed by atoms with Gasteiger partial charge in [-0.05, 0) is 47.7 Å². The first-order chi connectivity index (χ1) is 18.0. The summed E-state index contributed by atoms with van der Waals surface area (Å²) in [5.41, 5.74) is 2.20. The zero-order chi connectivity index (χ0) is 27.4. The number of anilines is 1. The average molecular weight is 557 g/mol. The van der Waals surface area contributed by atoms with E-state index in [2.05, 4.69) is 10.4 Å². The number of aromatic nitrogens is 2. The Labute approximate surface area is 228 Å². The van der Waals surface area contributed by atoms with E-state index in [1.165, 1.54) is 11.0 Å². The lowest BCUT2D eigenvalue weighted by Gasteiger charge is -2.21. The fourth-order valence-electron chi connectivity index (χ4n) is 4.99. The van der Waals surface area contributed by atoms with Crippen molar-refractivity contribution in [3.63, 3.8) is 0 Å².